The van der Waals surface area contributed by atoms with Gasteiger partial charge in [-0.3, -0.25) is 0 Å². The zero-order chi connectivity index (χ0) is 11.7. The van der Waals surface area contributed by atoms with Gasteiger partial charge in [-0.1, -0.05) is 22.9 Å². The smallest absolute Gasteiger partial charge is 0.123 e. The summed E-state index contributed by atoms with van der Waals surface area (Å²) < 4.78 is 6.64. The number of benzene rings is 1. The van der Waals surface area contributed by atoms with Crippen molar-refractivity contribution in [1.29, 1.82) is 0 Å². The topological polar surface area (TPSA) is 29.5 Å². The molecule has 1 N–H and O–H groups in total. The lowest BCUT2D eigenvalue weighted by molar-refractivity contribution is 0.149. The molecule has 1 aliphatic carbocycles. The number of aliphatic hydroxyl groups is 1. The van der Waals surface area contributed by atoms with Crippen molar-refractivity contribution in [3.05, 3.63) is 27.7 Å². The van der Waals surface area contributed by atoms with Gasteiger partial charge in [0.15, 0.2) is 0 Å². The van der Waals surface area contributed by atoms with E-state index in [4.69, 9.17) is 4.74 Å². The number of rotatable bonds is 2. The average molecular weight is 285 g/mol. The van der Waals surface area contributed by atoms with Gasteiger partial charge in [0, 0.05) is 15.6 Å². The molecule has 3 heteroatoms. The van der Waals surface area contributed by atoms with Gasteiger partial charge in [0.05, 0.1) is 12.7 Å². The fourth-order valence-corrected chi connectivity index (χ4v) is 3.02. The Hall–Kier alpha value is -0.540. The van der Waals surface area contributed by atoms with Crippen molar-refractivity contribution in [2.45, 2.75) is 38.7 Å². The summed E-state index contributed by atoms with van der Waals surface area (Å²) in [4.78, 5) is 0. The highest BCUT2D eigenvalue weighted by molar-refractivity contribution is 9.10. The molecular formula is C13H17BrO2. The molecule has 0 bridgehead atoms. The highest BCUT2D eigenvalue weighted by Gasteiger charge is 2.28. The van der Waals surface area contributed by atoms with Crippen LogP contribution in [0, 0.1) is 0 Å². The third kappa shape index (κ3) is 1.98. The van der Waals surface area contributed by atoms with Gasteiger partial charge >= 0.3 is 0 Å². The zero-order valence-electron chi connectivity index (χ0n) is 9.66. The molecule has 0 heterocycles. The first-order chi connectivity index (χ1) is 7.65. The van der Waals surface area contributed by atoms with Crippen LogP contribution in [0.25, 0.3) is 0 Å². The fraction of sp³-hybridized carbons (Fsp3) is 0.538. The van der Waals surface area contributed by atoms with Gasteiger partial charge in [0.2, 0.25) is 0 Å². The summed E-state index contributed by atoms with van der Waals surface area (Å²) in [6.45, 7) is 4.84. The molecule has 0 fully saturated rings. The van der Waals surface area contributed by atoms with Crippen LogP contribution in [0.15, 0.2) is 16.6 Å². The largest absolute Gasteiger partial charge is 0.494 e. The molecule has 1 unspecified atom stereocenters. The zero-order valence-corrected chi connectivity index (χ0v) is 11.3. The first-order valence-electron chi connectivity index (χ1n) is 5.78. The highest BCUT2D eigenvalue weighted by atomic mass is 79.9. The molecule has 2 atom stereocenters. The standard InChI is InChI=1S/C13H17BrO2/c1-3-16-11-7-5-9(14)13-10(15)6-4-8(2)12(11)13/h5,7-8,10,15H,3-4,6H2,1-2H3/t8?,10-/m1/s1. The van der Waals surface area contributed by atoms with E-state index in [9.17, 15) is 5.11 Å². The number of ether oxygens (including phenoxy) is 1. The molecular weight excluding hydrogens is 268 g/mol. The van der Waals surface area contributed by atoms with E-state index >= 15 is 0 Å². The Kier molecular flexibility index (Phi) is 3.55. The minimum absolute atomic E-state index is 0.360. The predicted octanol–water partition coefficient (Wildman–Crippen LogP) is 3.78. The van der Waals surface area contributed by atoms with E-state index in [1.165, 1.54) is 5.56 Å². The molecule has 0 amide bonds. The summed E-state index contributed by atoms with van der Waals surface area (Å²) in [5, 5.41) is 10.1. The SMILES string of the molecule is CCOc1ccc(Br)c2c1C(C)CC[C@H]2O. The van der Waals surface area contributed by atoms with Crippen molar-refractivity contribution in [1.82, 2.24) is 0 Å². The molecule has 0 radical (unpaired) electrons. The third-order valence-electron chi connectivity index (χ3n) is 3.19. The van der Waals surface area contributed by atoms with Crippen molar-refractivity contribution in [3.63, 3.8) is 0 Å². The van der Waals surface area contributed by atoms with Gasteiger partial charge in [-0.25, -0.2) is 0 Å². The van der Waals surface area contributed by atoms with Gasteiger partial charge in [-0.05, 0) is 37.8 Å². The summed E-state index contributed by atoms with van der Waals surface area (Å²) in [6, 6.07) is 3.95. The second kappa shape index (κ2) is 4.76. The normalized spacial score (nSPS) is 24.0. The molecule has 0 aromatic heterocycles. The lowest BCUT2D eigenvalue weighted by atomic mass is 9.82. The first kappa shape index (κ1) is 11.9. The van der Waals surface area contributed by atoms with Gasteiger partial charge in [-0.2, -0.15) is 0 Å². The maximum Gasteiger partial charge on any atom is 0.123 e. The lowest BCUT2D eigenvalue weighted by Crippen LogP contribution is -2.15. The molecule has 0 spiro atoms. The van der Waals surface area contributed by atoms with Crippen LogP contribution in [-0.4, -0.2) is 11.7 Å². The molecule has 88 valence electrons. The summed E-state index contributed by atoms with van der Waals surface area (Å²) in [5.74, 6) is 1.38. The van der Waals surface area contributed by atoms with Crippen molar-refractivity contribution in [2.75, 3.05) is 6.61 Å². The van der Waals surface area contributed by atoms with E-state index in [2.05, 4.69) is 22.9 Å². The molecule has 1 aliphatic rings. The fourth-order valence-electron chi connectivity index (χ4n) is 2.41. The summed E-state index contributed by atoms with van der Waals surface area (Å²) in [6.07, 6.45) is 1.49. The van der Waals surface area contributed by atoms with Gasteiger partial charge in [-0.15, -0.1) is 0 Å². The van der Waals surface area contributed by atoms with Crippen molar-refractivity contribution < 1.29 is 9.84 Å². The Bertz CT molecular complexity index is 390. The van der Waals surface area contributed by atoms with Gasteiger partial charge in [0.25, 0.3) is 0 Å². The summed E-state index contributed by atoms with van der Waals surface area (Å²) >= 11 is 3.52. The number of hydrogen-bond acceptors (Lipinski definition) is 2. The van der Waals surface area contributed by atoms with Crippen LogP contribution in [0.5, 0.6) is 5.75 Å². The van der Waals surface area contributed by atoms with Crippen LogP contribution in [0.3, 0.4) is 0 Å². The Morgan fingerprint density at radius 2 is 2.12 bits per heavy atom. The van der Waals surface area contributed by atoms with Crippen LogP contribution in [0.4, 0.5) is 0 Å². The summed E-state index contributed by atoms with van der Waals surface area (Å²) in [5.41, 5.74) is 2.19. The van der Waals surface area contributed by atoms with E-state index in [1.54, 1.807) is 0 Å². The van der Waals surface area contributed by atoms with Crippen molar-refractivity contribution in [2.24, 2.45) is 0 Å². The van der Waals surface area contributed by atoms with E-state index in [1.807, 2.05) is 19.1 Å². The monoisotopic (exact) mass is 284 g/mol. The molecule has 2 rings (SSSR count). The predicted molar refractivity (Wildman–Crippen MR) is 67.9 cm³/mol. The number of halogens is 1. The average Bonchev–Trinajstić information content (AvgIpc) is 2.26. The quantitative estimate of drug-likeness (QED) is 0.896. The molecule has 16 heavy (non-hydrogen) atoms. The van der Waals surface area contributed by atoms with Crippen LogP contribution >= 0.6 is 15.9 Å². The van der Waals surface area contributed by atoms with Gasteiger partial charge < -0.3 is 9.84 Å². The van der Waals surface area contributed by atoms with Crippen LogP contribution < -0.4 is 4.74 Å². The Labute approximate surface area is 105 Å². The highest BCUT2D eigenvalue weighted by Crippen LogP contribution is 2.45. The maximum atomic E-state index is 10.1. The van der Waals surface area contributed by atoms with Crippen LogP contribution in [0.1, 0.15) is 49.8 Å². The lowest BCUT2D eigenvalue weighted by Gasteiger charge is -2.29. The molecule has 0 aliphatic heterocycles. The van der Waals surface area contributed by atoms with Crippen molar-refractivity contribution in [3.8, 4) is 5.75 Å². The molecule has 2 nitrogen and oxygen atoms in total. The second-order valence-electron chi connectivity index (χ2n) is 4.30. The second-order valence-corrected chi connectivity index (χ2v) is 5.15. The number of hydrogen-bond donors (Lipinski definition) is 1. The Balaban J connectivity index is 2.55. The third-order valence-corrected chi connectivity index (χ3v) is 3.88. The van der Waals surface area contributed by atoms with E-state index in [0.29, 0.717) is 12.5 Å². The Morgan fingerprint density at radius 3 is 2.81 bits per heavy atom. The molecule has 1 aromatic carbocycles. The summed E-state index contributed by atoms with van der Waals surface area (Å²) in [7, 11) is 0. The first-order valence-corrected chi connectivity index (χ1v) is 6.57. The van der Waals surface area contributed by atoms with Crippen molar-refractivity contribution >= 4 is 15.9 Å². The van der Waals surface area contributed by atoms with Crippen LogP contribution in [-0.2, 0) is 0 Å². The van der Waals surface area contributed by atoms with Gasteiger partial charge in [0.1, 0.15) is 5.75 Å². The Morgan fingerprint density at radius 1 is 1.38 bits per heavy atom. The molecule has 0 saturated carbocycles. The van der Waals surface area contributed by atoms with E-state index in [0.717, 1.165) is 28.6 Å². The van der Waals surface area contributed by atoms with Crippen LogP contribution in [0.2, 0.25) is 0 Å². The van der Waals surface area contributed by atoms with E-state index in [-0.39, 0.29) is 6.10 Å². The molecule has 1 aromatic rings. The minimum atomic E-state index is -0.360. The number of fused-ring (bicyclic) bond motifs is 1. The van der Waals surface area contributed by atoms with E-state index < -0.39 is 0 Å². The number of aliphatic hydroxyl groups excluding tert-OH is 1. The molecule has 0 saturated heterocycles. The maximum absolute atomic E-state index is 10.1. The minimum Gasteiger partial charge on any atom is -0.494 e.